The highest BCUT2D eigenvalue weighted by Crippen LogP contribution is 2.30. The van der Waals surface area contributed by atoms with Crippen LogP contribution in [0.5, 0.6) is 0 Å². The summed E-state index contributed by atoms with van der Waals surface area (Å²) in [6, 6.07) is 0. The molecule has 0 saturated carbocycles. The number of hydrogen-bond acceptors (Lipinski definition) is 4. The van der Waals surface area contributed by atoms with E-state index in [2.05, 4.69) is 0 Å². The molecule has 0 amide bonds. The lowest BCUT2D eigenvalue weighted by Crippen LogP contribution is -2.11. The Labute approximate surface area is 74.6 Å². The maximum Gasteiger partial charge on any atom is 0.395 e. The van der Waals surface area contributed by atoms with Gasteiger partial charge >= 0.3 is 5.30 Å². The van der Waals surface area contributed by atoms with Crippen molar-refractivity contribution in [2.45, 2.75) is 0 Å². The van der Waals surface area contributed by atoms with E-state index in [0.29, 0.717) is 5.88 Å². The van der Waals surface area contributed by atoms with Crippen molar-refractivity contribution in [2.24, 2.45) is 0 Å². The van der Waals surface area contributed by atoms with Crippen molar-refractivity contribution in [3.8, 4) is 0 Å². The molecule has 2 aliphatic rings. The van der Waals surface area contributed by atoms with Crippen molar-refractivity contribution in [3.63, 3.8) is 0 Å². The summed E-state index contributed by atoms with van der Waals surface area (Å²) in [6.45, 7) is 0.752. The van der Waals surface area contributed by atoms with Crippen molar-refractivity contribution in [2.75, 3.05) is 6.54 Å². The molecule has 0 aromatic heterocycles. The zero-order valence-corrected chi connectivity index (χ0v) is 7.15. The van der Waals surface area contributed by atoms with Crippen LogP contribution in [-0.2, 0) is 4.74 Å². The second-order valence-corrected chi connectivity index (χ2v) is 2.89. The normalized spacial score (nSPS) is 20.2. The van der Waals surface area contributed by atoms with Crippen LogP contribution in [0.4, 0.5) is 4.79 Å². The number of allylic oxidation sites excluding steroid dienone is 2. The Bertz CT molecular complexity index is 239. The summed E-state index contributed by atoms with van der Waals surface area (Å²) in [6.07, 6.45) is 5.63. The monoisotopic (exact) mass is 191 g/mol. The molecule has 0 radical (unpaired) electrons. The molecule has 0 bridgehead atoms. The summed E-state index contributed by atoms with van der Waals surface area (Å²) in [7, 11) is 0. The Morgan fingerprint density at radius 3 is 3.18 bits per heavy atom. The van der Waals surface area contributed by atoms with Crippen LogP contribution in [0.1, 0.15) is 0 Å². The van der Waals surface area contributed by atoms with Gasteiger partial charge in [0.1, 0.15) is 0 Å². The fourth-order valence-electron chi connectivity index (χ4n) is 0.841. The number of nitrogens with zero attached hydrogens (tertiary/aromatic N) is 1. The first kappa shape index (κ1) is 8.49. The molecular formula is C6H6ClNO2S. The van der Waals surface area contributed by atoms with Crippen LogP contribution in [0.3, 0.4) is 0 Å². The average Bonchev–Trinajstić information content (AvgIpc) is 2.27. The molecular weight excluding hydrogens is 186 g/mol. The number of hydrogen-bond donors (Lipinski definition) is 0. The number of ether oxygens (including phenoxy) is 1. The first-order valence-corrected chi connectivity index (χ1v) is 3.68. The zero-order chi connectivity index (χ0) is 6.97. The molecule has 3 nitrogen and oxygen atoms in total. The van der Waals surface area contributed by atoms with Crippen LogP contribution >= 0.6 is 24.4 Å². The molecule has 0 unspecified atom stereocenters. The Kier molecular flexibility index (Phi) is 2.46. The molecule has 2 rings (SSSR count). The summed E-state index contributed by atoms with van der Waals surface area (Å²) in [5.74, 6) is 0.650. The minimum absolute atomic E-state index is 0. The lowest BCUT2D eigenvalue weighted by atomic mass is 10.4. The van der Waals surface area contributed by atoms with Crippen LogP contribution in [0.15, 0.2) is 24.1 Å². The van der Waals surface area contributed by atoms with Crippen LogP contribution < -0.4 is 0 Å². The highest BCUT2D eigenvalue weighted by atomic mass is 35.5. The summed E-state index contributed by atoms with van der Waals surface area (Å²) < 4.78 is 6.63. The standard InChI is InChI=1S/C6H5NO2S.ClH/c8-6-9-5-3-1-2-4-7(5)10-6;/h1-3H,4H2;1H. The lowest BCUT2D eigenvalue weighted by molar-refractivity contribution is 0.198. The fourth-order valence-corrected chi connectivity index (χ4v) is 1.49. The number of fused-ring (bicyclic) bond motifs is 1. The van der Waals surface area contributed by atoms with Gasteiger partial charge in [-0.3, -0.25) is 4.31 Å². The van der Waals surface area contributed by atoms with Crippen molar-refractivity contribution >= 4 is 29.7 Å². The van der Waals surface area contributed by atoms with E-state index >= 15 is 0 Å². The van der Waals surface area contributed by atoms with E-state index in [4.69, 9.17) is 4.74 Å². The third-order valence-corrected chi connectivity index (χ3v) is 2.05. The van der Waals surface area contributed by atoms with Gasteiger partial charge in [-0.25, -0.2) is 4.79 Å². The van der Waals surface area contributed by atoms with E-state index in [9.17, 15) is 4.79 Å². The molecule has 11 heavy (non-hydrogen) atoms. The molecule has 0 N–H and O–H groups in total. The number of carbonyl (C=O) groups excluding carboxylic acids is 1. The molecule has 0 spiro atoms. The van der Waals surface area contributed by atoms with E-state index in [0.717, 1.165) is 18.5 Å². The summed E-state index contributed by atoms with van der Waals surface area (Å²) in [5, 5.41) is -0.241. The molecule has 1 fully saturated rings. The topological polar surface area (TPSA) is 29.5 Å². The number of rotatable bonds is 0. The first-order valence-electron chi connectivity index (χ1n) is 2.90. The Morgan fingerprint density at radius 1 is 1.64 bits per heavy atom. The Balaban J connectivity index is 0.000000605. The Morgan fingerprint density at radius 2 is 2.45 bits per heavy atom. The number of halogens is 1. The summed E-state index contributed by atoms with van der Waals surface area (Å²) >= 11 is 1.10. The molecule has 2 heterocycles. The molecule has 0 aromatic carbocycles. The van der Waals surface area contributed by atoms with E-state index in [1.54, 1.807) is 6.08 Å². The van der Waals surface area contributed by atoms with Crippen LogP contribution in [-0.4, -0.2) is 16.2 Å². The van der Waals surface area contributed by atoms with E-state index in [1.165, 1.54) is 0 Å². The minimum atomic E-state index is -0.241. The maximum atomic E-state index is 10.6. The molecule has 0 atom stereocenters. The van der Waals surface area contributed by atoms with Crippen LogP contribution in [0.2, 0.25) is 0 Å². The van der Waals surface area contributed by atoms with Gasteiger partial charge in [-0.1, -0.05) is 12.2 Å². The predicted octanol–water partition coefficient (Wildman–Crippen LogP) is 1.92. The van der Waals surface area contributed by atoms with Gasteiger partial charge in [0, 0.05) is 0 Å². The third-order valence-electron chi connectivity index (χ3n) is 1.26. The first-order chi connectivity index (χ1) is 4.86. The van der Waals surface area contributed by atoms with Gasteiger partial charge in [-0.05, 0) is 6.08 Å². The molecule has 60 valence electrons. The van der Waals surface area contributed by atoms with Gasteiger partial charge in [-0.15, -0.1) is 12.4 Å². The number of carbonyl (C=O) groups is 1. The second kappa shape index (κ2) is 3.19. The molecule has 0 aliphatic carbocycles. The predicted molar refractivity (Wildman–Crippen MR) is 45.2 cm³/mol. The third kappa shape index (κ3) is 1.52. The Hall–Kier alpha value is -0.610. The summed E-state index contributed by atoms with van der Waals surface area (Å²) in [5.41, 5.74) is 0. The van der Waals surface area contributed by atoms with Crippen molar-refractivity contribution < 1.29 is 9.53 Å². The van der Waals surface area contributed by atoms with Gasteiger partial charge in [0.05, 0.1) is 18.5 Å². The van der Waals surface area contributed by atoms with E-state index in [-0.39, 0.29) is 17.7 Å². The average molecular weight is 192 g/mol. The maximum absolute atomic E-state index is 10.6. The second-order valence-electron chi connectivity index (χ2n) is 1.94. The van der Waals surface area contributed by atoms with Crippen molar-refractivity contribution in [3.05, 3.63) is 24.1 Å². The zero-order valence-electron chi connectivity index (χ0n) is 5.52. The largest absolute Gasteiger partial charge is 0.399 e. The molecule has 2 aliphatic heterocycles. The van der Waals surface area contributed by atoms with E-state index in [1.807, 2.05) is 16.5 Å². The highest BCUT2D eigenvalue weighted by molar-refractivity contribution is 8.11. The molecule has 5 heteroatoms. The summed E-state index contributed by atoms with van der Waals surface area (Å²) in [4.78, 5) is 10.6. The van der Waals surface area contributed by atoms with E-state index < -0.39 is 0 Å². The quantitative estimate of drug-likeness (QED) is 0.432. The van der Waals surface area contributed by atoms with Crippen LogP contribution in [0.25, 0.3) is 0 Å². The van der Waals surface area contributed by atoms with Gasteiger partial charge < -0.3 is 4.74 Å². The molecule has 0 aromatic rings. The fraction of sp³-hybridized carbons (Fsp3) is 0.167. The van der Waals surface area contributed by atoms with Gasteiger partial charge in [0.2, 0.25) is 5.88 Å². The lowest BCUT2D eigenvalue weighted by Gasteiger charge is -2.12. The van der Waals surface area contributed by atoms with Crippen molar-refractivity contribution in [1.82, 2.24) is 4.31 Å². The minimum Gasteiger partial charge on any atom is -0.399 e. The van der Waals surface area contributed by atoms with Crippen molar-refractivity contribution in [1.29, 1.82) is 0 Å². The highest BCUT2D eigenvalue weighted by Gasteiger charge is 2.27. The van der Waals surface area contributed by atoms with Gasteiger partial charge in [0.15, 0.2) is 0 Å². The van der Waals surface area contributed by atoms with Gasteiger partial charge in [-0.2, -0.15) is 0 Å². The SMILES string of the molecule is Cl.O=C1OC2=CC=CCN2S1. The molecule has 1 saturated heterocycles. The smallest absolute Gasteiger partial charge is 0.395 e. The van der Waals surface area contributed by atoms with Crippen LogP contribution in [0, 0.1) is 0 Å². The van der Waals surface area contributed by atoms with Gasteiger partial charge in [0.25, 0.3) is 0 Å².